The molecule has 0 heterocycles. The van der Waals surface area contributed by atoms with Crippen LogP contribution >= 0.6 is 0 Å². The fourth-order valence-electron chi connectivity index (χ4n) is 0. The Hall–Kier alpha value is 4.36. The fourth-order valence-corrected chi connectivity index (χ4v) is 0. The van der Waals surface area contributed by atoms with Gasteiger partial charge in [0.2, 0.25) is 0 Å². The standard InChI is InChI=1S/Ca.Cu.Fe.Mn.Pb.Zn/q+2;+1;2*+2;;+2. The van der Waals surface area contributed by atoms with E-state index in [0.717, 1.165) is 0 Å². The maximum Gasteiger partial charge on any atom is 2.00 e. The number of rotatable bonds is 0. The average Bonchev–Trinajstić information content (AvgIpc) is 0. The van der Waals surface area contributed by atoms with Crippen molar-refractivity contribution in [2.24, 2.45) is 0 Å². The molecule has 0 aliphatic rings. The Bertz CT molecular complexity index is 15.5. The number of hydrogen-bond donors (Lipinski definition) is 0. The van der Waals surface area contributed by atoms with Gasteiger partial charge >= 0.3 is 108 Å². The molecule has 0 amide bonds. The average molecular weight is 487 g/mol. The Balaban J connectivity index is 0. The van der Waals surface area contributed by atoms with E-state index in [1.165, 1.54) is 0 Å². The molecule has 0 saturated heterocycles. The zero-order valence-corrected chi connectivity index (χ0v) is 15.2. The van der Waals surface area contributed by atoms with Gasteiger partial charge in [-0.2, -0.15) is 0 Å². The molecule has 0 N–H and O–H groups in total. The predicted molar refractivity (Wildman–Crippen MR) is 11.5 cm³/mol. The third-order valence-electron chi connectivity index (χ3n) is 0. The maximum absolute atomic E-state index is 0. The second-order valence-corrected chi connectivity index (χ2v) is 0. The second-order valence-electron chi connectivity index (χ2n) is 0. The number of hydrogen-bond acceptors (Lipinski definition) is 0. The van der Waals surface area contributed by atoms with Gasteiger partial charge in [-0.3, -0.25) is 0 Å². The topological polar surface area (TPSA) is 0 Å². The van der Waals surface area contributed by atoms with Crippen LogP contribution < -0.4 is 0 Å². The first-order chi connectivity index (χ1) is 0. The summed E-state index contributed by atoms with van der Waals surface area (Å²) < 4.78 is 0. The minimum absolute atomic E-state index is 0. The summed E-state index contributed by atoms with van der Waals surface area (Å²) in [5, 5.41) is 0. The molecule has 0 bridgehead atoms. The van der Waals surface area contributed by atoms with E-state index in [-0.39, 0.29) is 136 Å². The molecule has 0 aromatic carbocycles. The SMILES string of the molecule is [Ca+2].[Cu+].[Fe+2].[Mn+2].[Pb].[Zn+2]. The van der Waals surface area contributed by atoms with Crippen LogP contribution in [0.4, 0.5) is 0 Å². The minimum atomic E-state index is 0. The molecule has 0 saturated carbocycles. The van der Waals surface area contributed by atoms with Crippen LogP contribution in [0, 0.1) is 0 Å². The summed E-state index contributed by atoms with van der Waals surface area (Å²) in [6.07, 6.45) is 0. The molecule has 0 spiro atoms. The van der Waals surface area contributed by atoms with Crippen LogP contribution in [-0.4, -0.2) is 65.0 Å². The van der Waals surface area contributed by atoms with E-state index in [1.54, 1.807) is 0 Å². The Morgan fingerprint density at radius 2 is 1.00 bits per heavy atom. The van der Waals surface area contributed by atoms with Crippen molar-refractivity contribution in [3.8, 4) is 0 Å². The summed E-state index contributed by atoms with van der Waals surface area (Å²) >= 11 is 0. The minimum Gasteiger partial charge on any atom is 0 e. The van der Waals surface area contributed by atoms with Crippen molar-refractivity contribution in [3.05, 3.63) is 0 Å². The first kappa shape index (κ1) is 47.7. The van der Waals surface area contributed by atoms with Crippen LogP contribution in [0.3, 0.4) is 0 Å². The third-order valence-corrected chi connectivity index (χ3v) is 0. The van der Waals surface area contributed by atoms with Gasteiger partial charge in [0.1, 0.15) is 0 Å². The first-order valence-electron chi connectivity index (χ1n) is 0. The molecule has 25 valence electrons. The van der Waals surface area contributed by atoms with E-state index in [2.05, 4.69) is 0 Å². The van der Waals surface area contributed by atoms with E-state index in [4.69, 9.17) is 0 Å². The molecular weight excluding hydrogens is 487 g/mol. The Morgan fingerprint density at radius 1 is 1.00 bits per heavy atom. The van der Waals surface area contributed by atoms with Crippen molar-refractivity contribution >= 4 is 65.0 Å². The Kier molecular flexibility index (Phi) is 274. The molecule has 0 aliphatic carbocycles. The molecule has 5 radical (unpaired) electrons. The Morgan fingerprint density at radius 3 is 1.00 bits per heavy atom. The van der Waals surface area contributed by atoms with Gasteiger partial charge in [-0.05, 0) is 0 Å². The summed E-state index contributed by atoms with van der Waals surface area (Å²) in [5.74, 6) is 0. The van der Waals surface area contributed by atoms with Crippen molar-refractivity contribution in [1.82, 2.24) is 0 Å². The van der Waals surface area contributed by atoms with E-state index >= 15 is 0 Å². The van der Waals surface area contributed by atoms with E-state index in [9.17, 15) is 0 Å². The largest absolute Gasteiger partial charge is 2.00 e. The van der Waals surface area contributed by atoms with Gasteiger partial charge in [-0.15, -0.1) is 0 Å². The quantitative estimate of drug-likeness (QED) is 0.395. The van der Waals surface area contributed by atoms with Gasteiger partial charge in [0.25, 0.3) is 0 Å². The summed E-state index contributed by atoms with van der Waals surface area (Å²) in [7, 11) is 0. The normalized spacial score (nSPS) is 0. The second kappa shape index (κ2) is 34.4. The molecule has 0 aromatic rings. The third kappa shape index (κ3) is 23.8. The smallest absolute Gasteiger partial charge is 0 e. The fraction of sp³-hybridized carbons (Fsp3) is 0. The molecule has 6 heteroatoms. The van der Waals surface area contributed by atoms with Gasteiger partial charge in [0.15, 0.2) is 0 Å². The van der Waals surface area contributed by atoms with Crippen LogP contribution in [0.25, 0.3) is 0 Å². The zero-order valence-electron chi connectivity index (χ0n) is 2.95. The summed E-state index contributed by atoms with van der Waals surface area (Å²) in [4.78, 5) is 0. The molecule has 6 heavy (non-hydrogen) atoms. The summed E-state index contributed by atoms with van der Waals surface area (Å²) in [6, 6.07) is 0. The Labute approximate surface area is 132 Å². The molecule has 0 nitrogen and oxygen atoms in total. The molecule has 0 atom stereocenters. The van der Waals surface area contributed by atoms with Crippen LogP contribution in [0.1, 0.15) is 0 Å². The molecule has 0 rings (SSSR count). The van der Waals surface area contributed by atoms with E-state index in [1.807, 2.05) is 0 Å². The van der Waals surface area contributed by atoms with Gasteiger partial charge in [0, 0.05) is 27.3 Å². The van der Waals surface area contributed by atoms with Crippen LogP contribution in [-0.2, 0) is 70.7 Å². The molecular formula is CaCuFeMnPbZn+9. The van der Waals surface area contributed by atoms with Crippen molar-refractivity contribution in [1.29, 1.82) is 0 Å². The van der Waals surface area contributed by atoms with Crippen LogP contribution in [0.2, 0.25) is 0 Å². The van der Waals surface area contributed by atoms with Crippen molar-refractivity contribution in [2.45, 2.75) is 0 Å². The van der Waals surface area contributed by atoms with Gasteiger partial charge in [0.05, 0.1) is 0 Å². The molecule has 0 aliphatic heterocycles. The molecule has 0 fully saturated rings. The van der Waals surface area contributed by atoms with Gasteiger partial charge in [-0.1, -0.05) is 0 Å². The van der Waals surface area contributed by atoms with E-state index < -0.39 is 0 Å². The van der Waals surface area contributed by atoms with Crippen molar-refractivity contribution in [3.63, 3.8) is 0 Å². The van der Waals surface area contributed by atoms with Crippen molar-refractivity contribution < 1.29 is 70.7 Å². The van der Waals surface area contributed by atoms with Crippen molar-refractivity contribution in [2.75, 3.05) is 0 Å². The zero-order chi connectivity index (χ0) is 0. The monoisotopic (exact) mass is 486 g/mol. The molecule has 0 aromatic heterocycles. The first-order valence-corrected chi connectivity index (χ1v) is 0. The van der Waals surface area contributed by atoms with Crippen LogP contribution in [0.5, 0.6) is 0 Å². The maximum atomic E-state index is 0. The van der Waals surface area contributed by atoms with Gasteiger partial charge in [-0.25, -0.2) is 0 Å². The van der Waals surface area contributed by atoms with Gasteiger partial charge < -0.3 is 0 Å². The van der Waals surface area contributed by atoms with E-state index in [0.29, 0.717) is 0 Å². The summed E-state index contributed by atoms with van der Waals surface area (Å²) in [6.45, 7) is 0. The molecule has 0 unspecified atom stereocenters. The predicted octanol–water partition coefficient (Wildman–Crippen LogP) is -0.772. The van der Waals surface area contributed by atoms with Crippen LogP contribution in [0.15, 0.2) is 0 Å². The summed E-state index contributed by atoms with van der Waals surface area (Å²) in [5.41, 5.74) is 0.